The van der Waals surface area contributed by atoms with Gasteiger partial charge in [-0.05, 0) is 45.0 Å². The second-order valence-electron chi connectivity index (χ2n) is 4.14. The summed E-state index contributed by atoms with van der Waals surface area (Å²) in [6.07, 6.45) is 1.15. The van der Waals surface area contributed by atoms with Gasteiger partial charge >= 0.3 is 0 Å². The van der Waals surface area contributed by atoms with Crippen LogP contribution in [0.4, 0.5) is 0 Å². The number of halogens is 1. The van der Waals surface area contributed by atoms with Gasteiger partial charge < -0.3 is 14.8 Å². The molecule has 102 valence electrons. The Morgan fingerprint density at radius 1 is 1.39 bits per heavy atom. The molecule has 0 aliphatic rings. The third-order valence-electron chi connectivity index (χ3n) is 2.41. The highest BCUT2D eigenvalue weighted by atomic mass is 35.5. The SMILES string of the molecule is CCOCCCNCC(C)Oc1cccc(Cl)c1. The molecule has 1 rings (SSSR count). The van der Waals surface area contributed by atoms with Gasteiger partial charge in [0, 0.05) is 24.8 Å². The monoisotopic (exact) mass is 271 g/mol. The Labute approximate surface area is 114 Å². The Morgan fingerprint density at radius 3 is 2.94 bits per heavy atom. The first-order chi connectivity index (χ1) is 8.72. The van der Waals surface area contributed by atoms with Crippen LogP contribution < -0.4 is 10.1 Å². The lowest BCUT2D eigenvalue weighted by Gasteiger charge is -2.15. The second-order valence-corrected chi connectivity index (χ2v) is 4.58. The Hall–Kier alpha value is -0.770. The predicted molar refractivity (Wildman–Crippen MR) is 75.5 cm³/mol. The summed E-state index contributed by atoms with van der Waals surface area (Å²) >= 11 is 5.89. The predicted octanol–water partition coefficient (Wildman–Crippen LogP) is 3.12. The Balaban J connectivity index is 2.12. The number of hydrogen-bond acceptors (Lipinski definition) is 3. The van der Waals surface area contributed by atoms with Crippen LogP contribution in [0, 0.1) is 0 Å². The molecule has 4 heteroatoms. The van der Waals surface area contributed by atoms with Crippen LogP contribution in [0.5, 0.6) is 5.75 Å². The molecular weight excluding hydrogens is 250 g/mol. The molecule has 0 fully saturated rings. The summed E-state index contributed by atoms with van der Waals surface area (Å²) in [4.78, 5) is 0. The van der Waals surface area contributed by atoms with Crippen LogP contribution in [0.2, 0.25) is 5.02 Å². The maximum atomic E-state index is 5.89. The van der Waals surface area contributed by atoms with E-state index in [-0.39, 0.29) is 6.10 Å². The van der Waals surface area contributed by atoms with Crippen molar-refractivity contribution in [2.24, 2.45) is 0 Å². The fourth-order valence-corrected chi connectivity index (χ4v) is 1.74. The number of rotatable bonds is 9. The molecule has 0 aromatic heterocycles. The minimum atomic E-state index is 0.121. The number of hydrogen-bond donors (Lipinski definition) is 1. The topological polar surface area (TPSA) is 30.5 Å². The standard InChI is InChI=1S/C14H22ClNO2/c1-3-17-9-5-8-16-11-12(2)18-14-7-4-6-13(15)10-14/h4,6-7,10,12,16H,3,5,8-9,11H2,1-2H3. The van der Waals surface area contributed by atoms with Gasteiger partial charge in [0.05, 0.1) is 0 Å². The van der Waals surface area contributed by atoms with Crippen molar-refractivity contribution in [1.82, 2.24) is 5.32 Å². The summed E-state index contributed by atoms with van der Waals surface area (Å²) in [6.45, 7) is 7.41. The minimum Gasteiger partial charge on any atom is -0.489 e. The van der Waals surface area contributed by atoms with E-state index in [1.54, 1.807) is 0 Å². The van der Waals surface area contributed by atoms with Crippen molar-refractivity contribution in [3.05, 3.63) is 29.3 Å². The third kappa shape index (κ3) is 6.84. The molecular formula is C14H22ClNO2. The molecule has 1 aromatic carbocycles. The van der Waals surface area contributed by atoms with Crippen molar-refractivity contribution in [2.45, 2.75) is 26.4 Å². The van der Waals surface area contributed by atoms with Gasteiger partial charge in [0.2, 0.25) is 0 Å². The smallest absolute Gasteiger partial charge is 0.121 e. The van der Waals surface area contributed by atoms with Crippen molar-refractivity contribution < 1.29 is 9.47 Å². The van der Waals surface area contributed by atoms with Crippen LogP contribution in [-0.4, -0.2) is 32.4 Å². The molecule has 1 aromatic rings. The van der Waals surface area contributed by atoms with Crippen molar-refractivity contribution in [2.75, 3.05) is 26.3 Å². The van der Waals surface area contributed by atoms with E-state index < -0.39 is 0 Å². The van der Waals surface area contributed by atoms with Crippen LogP contribution >= 0.6 is 11.6 Å². The summed E-state index contributed by atoms with van der Waals surface area (Å²) in [6, 6.07) is 7.47. The molecule has 18 heavy (non-hydrogen) atoms. The zero-order valence-corrected chi connectivity index (χ0v) is 11.9. The molecule has 0 bridgehead atoms. The van der Waals surface area contributed by atoms with Crippen molar-refractivity contribution >= 4 is 11.6 Å². The molecule has 1 atom stereocenters. The van der Waals surface area contributed by atoms with Gasteiger partial charge in [-0.15, -0.1) is 0 Å². The molecule has 0 saturated heterocycles. The number of benzene rings is 1. The fraction of sp³-hybridized carbons (Fsp3) is 0.571. The van der Waals surface area contributed by atoms with Gasteiger partial charge in [-0.25, -0.2) is 0 Å². The quantitative estimate of drug-likeness (QED) is 0.700. The Morgan fingerprint density at radius 2 is 2.22 bits per heavy atom. The maximum Gasteiger partial charge on any atom is 0.121 e. The van der Waals surface area contributed by atoms with E-state index in [0.717, 1.165) is 38.5 Å². The lowest BCUT2D eigenvalue weighted by Crippen LogP contribution is -2.30. The molecule has 0 aliphatic carbocycles. The molecule has 0 heterocycles. The summed E-state index contributed by atoms with van der Waals surface area (Å²) in [5.41, 5.74) is 0. The first-order valence-corrected chi connectivity index (χ1v) is 6.81. The highest BCUT2D eigenvalue weighted by Gasteiger charge is 2.03. The van der Waals surface area contributed by atoms with Crippen molar-refractivity contribution in [3.63, 3.8) is 0 Å². The molecule has 0 spiro atoms. The zero-order valence-electron chi connectivity index (χ0n) is 11.1. The summed E-state index contributed by atoms with van der Waals surface area (Å²) in [5.74, 6) is 0.811. The molecule has 0 amide bonds. The molecule has 3 nitrogen and oxygen atoms in total. The summed E-state index contributed by atoms with van der Waals surface area (Å²) < 4.78 is 11.0. The number of nitrogens with one attached hydrogen (secondary N) is 1. The Kier molecular flexibility index (Phi) is 7.81. The normalized spacial score (nSPS) is 12.4. The minimum absolute atomic E-state index is 0.121. The van der Waals surface area contributed by atoms with Crippen LogP contribution in [0.15, 0.2) is 24.3 Å². The van der Waals surface area contributed by atoms with Gasteiger partial charge in [0.15, 0.2) is 0 Å². The van der Waals surface area contributed by atoms with Gasteiger partial charge in [-0.1, -0.05) is 17.7 Å². The van der Waals surface area contributed by atoms with E-state index in [9.17, 15) is 0 Å². The lowest BCUT2D eigenvalue weighted by molar-refractivity contribution is 0.143. The van der Waals surface area contributed by atoms with Crippen molar-refractivity contribution in [1.29, 1.82) is 0 Å². The molecule has 0 saturated carbocycles. The first-order valence-electron chi connectivity index (χ1n) is 6.43. The van der Waals surface area contributed by atoms with Crippen LogP contribution in [0.3, 0.4) is 0 Å². The summed E-state index contributed by atoms with van der Waals surface area (Å²) in [7, 11) is 0. The van der Waals surface area contributed by atoms with Gasteiger partial charge in [0.1, 0.15) is 11.9 Å². The average Bonchev–Trinajstić information content (AvgIpc) is 2.33. The van der Waals surface area contributed by atoms with Crippen molar-refractivity contribution in [3.8, 4) is 5.75 Å². The molecule has 0 radical (unpaired) electrons. The number of ether oxygens (including phenoxy) is 2. The third-order valence-corrected chi connectivity index (χ3v) is 2.65. The zero-order chi connectivity index (χ0) is 13.2. The lowest BCUT2D eigenvalue weighted by atomic mass is 10.3. The second kappa shape index (κ2) is 9.20. The van der Waals surface area contributed by atoms with E-state index in [2.05, 4.69) is 5.32 Å². The van der Waals surface area contributed by atoms with E-state index in [1.165, 1.54) is 0 Å². The Bertz CT molecular complexity index is 333. The van der Waals surface area contributed by atoms with Gasteiger partial charge in [-0.2, -0.15) is 0 Å². The largest absolute Gasteiger partial charge is 0.489 e. The molecule has 1 N–H and O–H groups in total. The van der Waals surface area contributed by atoms with E-state index in [0.29, 0.717) is 5.02 Å². The summed E-state index contributed by atoms with van der Waals surface area (Å²) in [5, 5.41) is 4.04. The van der Waals surface area contributed by atoms with Crippen LogP contribution in [0.25, 0.3) is 0 Å². The molecule has 1 unspecified atom stereocenters. The van der Waals surface area contributed by atoms with Gasteiger partial charge in [-0.3, -0.25) is 0 Å². The highest BCUT2D eigenvalue weighted by molar-refractivity contribution is 6.30. The van der Waals surface area contributed by atoms with Gasteiger partial charge in [0.25, 0.3) is 0 Å². The van der Waals surface area contributed by atoms with Crippen LogP contribution in [-0.2, 0) is 4.74 Å². The fourth-order valence-electron chi connectivity index (χ4n) is 1.56. The highest BCUT2D eigenvalue weighted by Crippen LogP contribution is 2.18. The first kappa shape index (κ1) is 15.3. The van der Waals surface area contributed by atoms with E-state index in [1.807, 2.05) is 38.1 Å². The maximum absolute atomic E-state index is 5.89. The van der Waals surface area contributed by atoms with E-state index in [4.69, 9.17) is 21.1 Å². The van der Waals surface area contributed by atoms with E-state index >= 15 is 0 Å². The molecule has 0 aliphatic heterocycles. The average molecular weight is 272 g/mol. The van der Waals surface area contributed by atoms with Crippen LogP contribution in [0.1, 0.15) is 20.3 Å².